The van der Waals surface area contributed by atoms with Crippen LogP contribution in [-0.2, 0) is 9.53 Å². The zero-order valence-corrected chi connectivity index (χ0v) is 10.4. The predicted octanol–water partition coefficient (Wildman–Crippen LogP) is 1.55. The molecule has 0 saturated heterocycles. The SMILES string of the molecule is COC(=O)CNC(=O)N/C=C(\C)C1CCCC1. The molecule has 0 aliphatic heterocycles. The van der Waals surface area contributed by atoms with Gasteiger partial charge in [0.15, 0.2) is 0 Å². The molecule has 1 aliphatic carbocycles. The van der Waals surface area contributed by atoms with Gasteiger partial charge < -0.3 is 15.4 Å². The van der Waals surface area contributed by atoms with Gasteiger partial charge in [-0.25, -0.2) is 4.79 Å². The van der Waals surface area contributed by atoms with Crippen LogP contribution in [0.15, 0.2) is 11.8 Å². The van der Waals surface area contributed by atoms with E-state index < -0.39 is 5.97 Å². The summed E-state index contributed by atoms with van der Waals surface area (Å²) in [7, 11) is 1.28. The fraction of sp³-hybridized carbons (Fsp3) is 0.667. The first-order chi connectivity index (χ1) is 8.13. The first-order valence-corrected chi connectivity index (χ1v) is 5.91. The summed E-state index contributed by atoms with van der Waals surface area (Å²) in [6.07, 6.45) is 6.67. The van der Waals surface area contributed by atoms with Gasteiger partial charge in [-0.15, -0.1) is 0 Å². The van der Waals surface area contributed by atoms with Crippen LogP contribution in [0.4, 0.5) is 4.79 Å². The van der Waals surface area contributed by atoms with Crippen LogP contribution in [0.3, 0.4) is 0 Å². The maximum atomic E-state index is 11.3. The second-order valence-corrected chi connectivity index (χ2v) is 4.27. The van der Waals surface area contributed by atoms with Gasteiger partial charge in [0.05, 0.1) is 7.11 Å². The highest BCUT2D eigenvalue weighted by Crippen LogP contribution is 2.30. The summed E-state index contributed by atoms with van der Waals surface area (Å²) in [6.45, 7) is 1.91. The Bertz CT molecular complexity index is 307. The number of esters is 1. The molecule has 0 unspecified atom stereocenters. The van der Waals surface area contributed by atoms with Gasteiger partial charge in [-0.2, -0.15) is 0 Å². The highest BCUT2D eigenvalue weighted by atomic mass is 16.5. The van der Waals surface area contributed by atoms with Crippen molar-refractivity contribution in [1.29, 1.82) is 0 Å². The Hall–Kier alpha value is -1.52. The van der Waals surface area contributed by atoms with E-state index in [1.54, 1.807) is 6.20 Å². The largest absolute Gasteiger partial charge is 0.468 e. The first kappa shape index (κ1) is 13.5. The van der Waals surface area contributed by atoms with Crippen LogP contribution in [0.1, 0.15) is 32.6 Å². The maximum Gasteiger partial charge on any atom is 0.325 e. The number of hydrogen-bond acceptors (Lipinski definition) is 3. The third-order valence-corrected chi connectivity index (χ3v) is 3.05. The van der Waals surface area contributed by atoms with Gasteiger partial charge in [0.2, 0.25) is 0 Å². The Morgan fingerprint density at radius 3 is 2.59 bits per heavy atom. The average Bonchev–Trinajstić information content (AvgIpc) is 2.86. The molecule has 1 fully saturated rings. The van der Waals surface area contributed by atoms with E-state index in [2.05, 4.69) is 15.4 Å². The van der Waals surface area contributed by atoms with Crippen molar-refractivity contribution in [3.63, 3.8) is 0 Å². The highest BCUT2D eigenvalue weighted by molar-refractivity contribution is 5.81. The van der Waals surface area contributed by atoms with Gasteiger partial charge >= 0.3 is 12.0 Å². The minimum Gasteiger partial charge on any atom is -0.468 e. The number of ether oxygens (including phenoxy) is 1. The van der Waals surface area contributed by atoms with Gasteiger partial charge in [-0.1, -0.05) is 18.4 Å². The summed E-state index contributed by atoms with van der Waals surface area (Å²) in [6, 6.07) is -0.382. The van der Waals surface area contributed by atoms with Crippen LogP contribution in [0, 0.1) is 5.92 Å². The predicted molar refractivity (Wildman–Crippen MR) is 64.3 cm³/mol. The lowest BCUT2D eigenvalue weighted by Gasteiger charge is -2.10. The topological polar surface area (TPSA) is 67.4 Å². The van der Waals surface area contributed by atoms with E-state index in [1.165, 1.54) is 38.4 Å². The summed E-state index contributed by atoms with van der Waals surface area (Å²) in [5, 5.41) is 5.03. The van der Waals surface area contributed by atoms with Crippen LogP contribution < -0.4 is 10.6 Å². The number of rotatable bonds is 4. The van der Waals surface area contributed by atoms with E-state index in [4.69, 9.17) is 0 Å². The molecule has 2 amide bonds. The van der Waals surface area contributed by atoms with Gasteiger partial charge in [0.25, 0.3) is 0 Å². The van der Waals surface area contributed by atoms with Crippen molar-refractivity contribution in [2.45, 2.75) is 32.6 Å². The molecule has 1 saturated carbocycles. The third kappa shape index (κ3) is 4.89. The van der Waals surface area contributed by atoms with Gasteiger partial charge in [-0.05, 0) is 25.7 Å². The van der Waals surface area contributed by atoms with Crippen molar-refractivity contribution in [3.05, 3.63) is 11.8 Å². The lowest BCUT2D eigenvalue weighted by atomic mass is 10.0. The zero-order chi connectivity index (χ0) is 12.7. The van der Waals surface area contributed by atoms with Gasteiger partial charge in [0, 0.05) is 6.20 Å². The number of methoxy groups -OCH3 is 1. The molecule has 5 heteroatoms. The lowest BCUT2D eigenvalue weighted by molar-refractivity contribution is -0.139. The monoisotopic (exact) mass is 240 g/mol. The number of amides is 2. The molecule has 0 bridgehead atoms. The van der Waals surface area contributed by atoms with Crippen molar-refractivity contribution in [1.82, 2.24) is 10.6 Å². The number of carbonyl (C=O) groups excluding carboxylic acids is 2. The van der Waals surface area contributed by atoms with Crippen LogP contribution in [0.2, 0.25) is 0 Å². The standard InChI is InChI=1S/C12H20N2O3/c1-9(10-5-3-4-6-10)7-13-12(16)14-8-11(15)17-2/h7,10H,3-6,8H2,1-2H3,(H2,13,14,16)/b9-7+. The van der Waals surface area contributed by atoms with Crippen LogP contribution in [0.5, 0.6) is 0 Å². The summed E-state index contributed by atoms with van der Waals surface area (Å²) >= 11 is 0. The fourth-order valence-electron chi connectivity index (χ4n) is 1.95. The Morgan fingerprint density at radius 1 is 1.35 bits per heavy atom. The maximum absolute atomic E-state index is 11.3. The molecular weight excluding hydrogens is 220 g/mol. The number of hydrogen-bond donors (Lipinski definition) is 2. The van der Waals surface area contributed by atoms with E-state index >= 15 is 0 Å². The molecular formula is C12H20N2O3. The smallest absolute Gasteiger partial charge is 0.325 e. The Balaban J connectivity index is 2.26. The molecule has 0 atom stereocenters. The fourth-order valence-corrected chi connectivity index (χ4v) is 1.95. The molecule has 0 spiro atoms. The number of allylic oxidation sites excluding steroid dienone is 1. The molecule has 0 aromatic carbocycles. The number of urea groups is 1. The lowest BCUT2D eigenvalue weighted by Crippen LogP contribution is -2.36. The van der Waals surface area contributed by atoms with E-state index in [0.29, 0.717) is 5.92 Å². The quantitative estimate of drug-likeness (QED) is 0.733. The van der Waals surface area contributed by atoms with Crippen molar-refractivity contribution < 1.29 is 14.3 Å². The van der Waals surface area contributed by atoms with Gasteiger partial charge in [-0.3, -0.25) is 4.79 Å². The summed E-state index contributed by atoms with van der Waals surface area (Å²) in [5.74, 6) is 0.132. The third-order valence-electron chi connectivity index (χ3n) is 3.05. The molecule has 1 aliphatic rings. The Kier molecular flexibility index (Phi) is 5.52. The number of nitrogens with one attached hydrogen (secondary N) is 2. The molecule has 0 aromatic rings. The molecule has 0 aromatic heterocycles. The molecule has 5 nitrogen and oxygen atoms in total. The zero-order valence-electron chi connectivity index (χ0n) is 10.4. The second kappa shape index (κ2) is 6.93. The average molecular weight is 240 g/mol. The van der Waals surface area contributed by atoms with Crippen molar-refractivity contribution in [3.8, 4) is 0 Å². The first-order valence-electron chi connectivity index (χ1n) is 5.91. The van der Waals surface area contributed by atoms with Crippen molar-refractivity contribution >= 4 is 12.0 Å². The normalized spacial score (nSPS) is 16.7. The van der Waals surface area contributed by atoms with Gasteiger partial charge in [0.1, 0.15) is 6.54 Å². The molecule has 0 heterocycles. The van der Waals surface area contributed by atoms with Crippen LogP contribution >= 0.6 is 0 Å². The number of carbonyl (C=O) groups is 2. The highest BCUT2D eigenvalue weighted by Gasteiger charge is 2.16. The summed E-state index contributed by atoms with van der Waals surface area (Å²) in [5.41, 5.74) is 1.19. The van der Waals surface area contributed by atoms with E-state index in [9.17, 15) is 9.59 Å². The van der Waals surface area contributed by atoms with E-state index in [1.807, 2.05) is 6.92 Å². The molecule has 2 N–H and O–H groups in total. The van der Waals surface area contributed by atoms with Crippen molar-refractivity contribution in [2.24, 2.45) is 5.92 Å². The minimum atomic E-state index is -0.461. The Labute approximate surface area is 102 Å². The second-order valence-electron chi connectivity index (χ2n) is 4.27. The van der Waals surface area contributed by atoms with E-state index in [0.717, 1.165) is 0 Å². The summed E-state index contributed by atoms with van der Waals surface area (Å²) < 4.78 is 4.41. The van der Waals surface area contributed by atoms with E-state index in [-0.39, 0.29) is 12.6 Å². The minimum absolute atomic E-state index is 0.112. The van der Waals surface area contributed by atoms with Crippen LogP contribution in [-0.4, -0.2) is 25.7 Å². The molecule has 96 valence electrons. The molecule has 0 radical (unpaired) electrons. The Morgan fingerprint density at radius 2 is 2.00 bits per heavy atom. The molecule has 1 rings (SSSR count). The summed E-state index contributed by atoms with van der Waals surface area (Å²) in [4.78, 5) is 22.1. The van der Waals surface area contributed by atoms with Crippen molar-refractivity contribution in [2.75, 3.05) is 13.7 Å². The van der Waals surface area contributed by atoms with Crippen LogP contribution in [0.25, 0.3) is 0 Å². The molecule has 17 heavy (non-hydrogen) atoms.